The number of aromatic nitrogens is 3. The van der Waals surface area contributed by atoms with Gasteiger partial charge in [0, 0.05) is 18.3 Å². The molecule has 2 heterocycles. The van der Waals surface area contributed by atoms with Gasteiger partial charge in [-0.2, -0.15) is 0 Å². The number of esters is 1. The van der Waals surface area contributed by atoms with Crippen LogP contribution in [0.2, 0.25) is 0 Å². The van der Waals surface area contributed by atoms with Crippen molar-refractivity contribution >= 4 is 11.7 Å². The quantitative estimate of drug-likeness (QED) is 0.624. The minimum absolute atomic E-state index is 0.199. The molecule has 1 fully saturated rings. The maximum absolute atomic E-state index is 12.6. The molecule has 1 aromatic heterocycles. The van der Waals surface area contributed by atoms with Crippen molar-refractivity contribution in [2.45, 2.75) is 32.2 Å². The highest BCUT2D eigenvalue weighted by atomic mass is 16.5. The second kappa shape index (κ2) is 7.29. The molecule has 1 saturated heterocycles. The Kier molecular flexibility index (Phi) is 4.93. The molecular weight excluding hydrogens is 304 g/mol. The smallest absolute Gasteiger partial charge is 0.340 e. The van der Waals surface area contributed by atoms with Crippen LogP contribution in [-0.2, 0) is 4.74 Å². The van der Waals surface area contributed by atoms with E-state index in [9.17, 15) is 4.79 Å². The van der Waals surface area contributed by atoms with Crippen LogP contribution in [0.15, 0.2) is 43.5 Å². The maximum atomic E-state index is 12.6. The number of benzene rings is 1. The third-order valence-corrected chi connectivity index (χ3v) is 4.36. The van der Waals surface area contributed by atoms with Gasteiger partial charge in [0.2, 0.25) is 0 Å². The molecule has 2 aromatic rings. The summed E-state index contributed by atoms with van der Waals surface area (Å²) in [6.07, 6.45) is 8.29. The zero-order valence-electron chi connectivity index (χ0n) is 13.9. The molecule has 0 amide bonds. The van der Waals surface area contributed by atoms with Gasteiger partial charge in [-0.15, -0.1) is 10.2 Å². The van der Waals surface area contributed by atoms with Gasteiger partial charge in [-0.3, -0.25) is 4.57 Å². The zero-order chi connectivity index (χ0) is 16.9. The molecule has 1 aromatic carbocycles. The summed E-state index contributed by atoms with van der Waals surface area (Å²) in [5.74, 6) is -0.336. The summed E-state index contributed by atoms with van der Waals surface area (Å²) in [5.41, 5.74) is 2.32. The highest BCUT2D eigenvalue weighted by molar-refractivity contribution is 5.96. The molecule has 0 radical (unpaired) electrons. The first-order chi connectivity index (χ1) is 11.7. The predicted octanol–water partition coefficient (Wildman–Crippen LogP) is 2.99. The number of ether oxygens (including phenoxy) is 1. The highest BCUT2D eigenvalue weighted by Crippen LogP contribution is 2.30. The third kappa shape index (κ3) is 3.32. The molecule has 6 nitrogen and oxygen atoms in total. The number of piperidine rings is 1. The van der Waals surface area contributed by atoms with Crippen molar-refractivity contribution in [2.24, 2.45) is 0 Å². The van der Waals surface area contributed by atoms with Gasteiger partial charge in [0.25, 0.3) is 0 Å². The summed E-state index contributed by atoms with van der Waals surface area (Å²) < 4.78 is 7.06. The average Bonchev–Trinajstić information content (AvgIpc) is 3.14. The topological polar surface area (TPSA) is 60.3 Å². The monoisotopic (exact) mass is 326 g/mol. The lowest BCUT2D eigenvalue weighted by Crippen LogP contribution is -2.38. The lowest BCUT2D eigenvalue weighted by molar-refractivity contribution is 0.0550. The van der Waals surface area contributed by atoms with Gasteiger partial charge in [0.15, 0.2) is 0 Å². The second-order valence-electron chi connectivity index (χ2n) is 6.00. The molecule has 0 bridgehead atoms. The number of carbonyl (C=O) groups is 1. The molecule has 0 saturated carbocycles. The Balaban J connectivity index is 2.00. The van der Waals surface area contributed by atoms with Gasteiger partial charge < -0.3 is 9.64 Å². The molecule has 6 heteroatoms. The van der Waals surface area contributed by atoms with Crippen molar-refractivity contribution in [1.29, 1.82) is 0 Å². The Bertz CT molecular complexity index is 712. The van der Waals surface area contributed by atoms with Gasteiger partial charge in [0.05, 0.1) is 11.3 Å². The Morgan fingerprint density at radius 2 is 2.17 bits per heavy atom. The van der Waals surface area contributed by atoms with Gasteiger partial charge in [-0.25, -0.2) is 4.79 Å². The van der Waals surface area contributed by atoms with Crippen molar-refractivity contribution in [2.75, 3.05) is 18.1 Å². The summed E-state index contributed by atoms with van der Waals surface area (Å²) in [6.45, 7) is 6.95. The third-order valence-electron chi connectivity index (χ3n) is 4.36. The molecule has 3 rings (SSSR count). The standard InChI is InChI=1S/C18H22N4O2/c1-3-10-24-18(23)16-11-15(21-12-19-20-13-21)7-8-17(16)22-9-5-4-6-14(22)2/h3,7-8,11-14H,1,4-6,9-10H2,2H3/t14-/m0/s1. The number of anilines is 1. The van der Waals surface area contributed by atoms with Crippen molar-refractivity contribution in [3.63, 3.8) is 0 Å². The van der Waals surface area contributed by atoms with E-state index in [4.69, 9.17) is 4.74 Å². The summed E-state index contributed by atoms with van der Waals surface area (Å²) >= 11 is 0. The Labute approximate surface area is 141 Å². The average molecular weight is 326 g/mol. The van der Waals surface area contributed by atoms with E-state index in [2.05, 4.69) is 28.6 Å². The van der Waals surface area contributed by atoms with E-state index in [1.165, 1.54) is 6.42 Å². The van der Waals surface area contributed by atoms with Crippen LogP contribution in [0.4, 0.5) is 5.69 Å². The van der Waals surface area contributed by atoms with Crippen molar-refractivity contribution < 1.29 is 9.53 Å². The van der Waals surface area contributed by atoms with E-state index in [0.29, 0.717) is 11.6 Å². The van der Waals surface area contributed by atoms with E-state index in [1.54, 1.807) is 23.3 Å². The zero-order valence-corrected chi connectivity index (χ0v) is 13.9. The minimum atomic E-state index is -0.336. The fourth-order valence-electron chi connectivity index (χ4n) is 3.10. The van der Waals surface area contributed by atoms with Gasteiger partial charge in [0.1, 0.15) is 19.3 Å². The summed E-state index contributed by atoms with van der Waals surface area (Å²) in [7, 11) is 0. The minimum Gasteiger partial charge on any atom is -0.458 e. The van der Waals surface area contributed by atoms with Crippen LogP contribution in [0.5, 0.6) is 0 Å². The number of nitrogens with zero attached hydrogens (tertiary/aromatic N) is 4. The highest BCUT2D eigenvalue weighted by Gasteiger charge is 2.24. The lowest BCUT2D eigenvalue weighted by Gasteiger charge is -2.36. The predicted molar refractivity (Wildman–Crippen MR) is 92.5 cm³/mol. The van der Waals surface area contributed by atoms with Crippen LogP contribution < -0.4 is 4.90 Å². The maximum Gasteiger partial charge on any atom is 0.340 e. The molecule has 0 N–H and O–H groups in total. The molecule has 0 spiro atoms. The fourth-order valence-corrected chi connectivity index (χ4v) is 3.10. The van der Waals surface area contributed by atoms with Gasteiger partial charge in [-0.1, -0.05) is 12.7 Å². The number of rotatable bonds is 5. The van der Waals surface area contributed by atoms with Crippen LogP contribution >= 0.6 is 0 Å². The van der Waals surface area contributed by atoms with E-state index in [0.717, 1.165) is 30.8 Å². The number of carbonyl (C=O) groups excluding carboxylic acids is 1. The summed E-state index contributed by atoms with van der Waals surface area (Å²) in [4.78, 5) is 14.9. The largest absolute Gasteiger partial charge is 0.458 e. The lowest BCUT2D eigenvalue weighted by atomic mass is 10.0. The Morgan fingerprint density at radius 1 is 1.38 bits per heavy atom. The molecule has 1 atom stereocenters. The molecule has 0 aliphatic carbocycles. The first-order valence-corrected chi connectivity index (χ1v) is 8.24. The molecule has 1 aliphatic rings. The first kappa shape index (κ1) is 16.2. The number of hydrogen-bond acceptors (Lipinski definition) is 5. The van der Waals surface area contributed by atoms with E-state index in [1.807, 2.05) is 18.2 Å². The van der Waals surface area contributed by atoms with Crippen LogP contribution in [0, 0.1) is 0 Å². The molecule has 24 heavy (non-hydrogen) atoms. The fraction of sp³-hybridized carbons (Fsp3) is 0.389. The SMILES string of the molecule is C=CCOC(=O)c1cc(-n2cnnc2)ccc1N1CCCC[C@@H]1C. The van der Waals surface area contributed by atoms with Crippen LogP contribution in [0.1, 0.15) is 36.5 Å². The number of hydrogen-bond donors (Lipinski definition) is 0. The normalized spacial score (nSPS) is 17.5. The van der Waals surface area contributed by atoms with Crippen molar-refractivity contribution in [3.8, 4) is 5.69 Å². The molecular formula is C18H22N4O2. The molecule has 126 valence electrons. The molecule has 1 aliphatic heterocycles. The van der Waals surface area contributed by atoms with Crippen molar-refractivity contribution in [1.82, 2.24) is 14.8 Å². The summed E-state index contributed by atoms with van der Waals surface area (Å²) in [6, 6.07) is 6.21. The first-order valence-electron chi connectivity index (χ1n) is 8.24. The summed E-state index contributed by atoms with van der Waals surface area (Å²) in [5, 5.41) is 7.64. The van der Waals surface area contributed by atoms with Crippen molar-refractivity contribution in [3.05, 3.63) is 49.1 Å². The molecule has 0 unspecified atom stereocenters. The second-order valence-corrected chi connectivity index (χ2v) is 6.00. The Hall–Kier alpha value is -2.63. The van der Waals surface area contributed by atoms with Crippen LogP contribution in [0.25, 0.3) is 5.69 Å². The van der Waals surface area contributed by atoms with Crippen LogP contribution in [0.3, 0.4) is 0 Å². The van der Waals surface area contributed by atoms with E-state index >= 15 is 0 Å². The van der Waals surface area contributed by atoms with E-state index < -0.39 is 0 Å². The van der Waals surface area contributed by atoms with Gasteiger partial charge in [-0.05, 0) is 44.4 Å². The Morgan fingerprint density at radius 3 is 2.88 bits per heavy atom. The van der Waals surface area contributed by atoms with Crippen LogP contribution in [-0.4, -0.2) is 39.9 Å². The van der Waals surface area contributed by atoms with E-state index in [-0.39, 0.29) is 12.6 Å². The van der Waals surface area contributed by atoms with Gasteiger partial charge >= 0.3 is 5.97 Å².